The van der Waals surface area contributed by atoms with Gasteiger partial charge in [-0.25, -0.2) is 0 Å². The molecule has 0 aliphatic rings. The van der Waals surface area contributed by atoms with Crippen LogP contribution in [0, 0.1) is 0 Å². The molecule has 2 aromatic rings. The van der Waals surface area contributed by atoms with Crippen LogP contribution in [0.4, 0.5) is 0 Å². The highest BCUT2D eigenvalue weighted by Gasteiger charge is 2.01. The van der Waals surface area contributed by atoms with E-state index in [2.05, 4.69) is 4.98 Å². The lowest BCUT2D eigenvalue weighted by Gasteiger charge is -2.06. The lowest BCUT2D eigenvalue weighted by molar-refractivity contribution is 0.107. The summed E-state index contributed by atoms with van der Waals surface area (Å²) < 4.78 is 5.62. The number of ether oxygens (including phenoxy) is 1. The van der Waals surface area contributed by atoms with E-state index in [1.54, 1.807) is 6.20 Å². The fraction of sp³-hybridized carbons (Fsp3) is 0.143. The van der Waals surface area contributed by atoms with Crippen molar-refractivity contribution >= 4 is 28.8 Å². The molecule has 0 saturated heterocycles. The van der Waals surface area contributed by atoms with E-state index in [1.807, 2.05) is 36.4 Å². The van der Waals surface area contributed by atoms with E-state index in [1.165, 1.54) is 0 Å². The van der Waals surface area contributed by atoms with Crippen molar-refractivity contribution in [3.63, 3.8) is 0 Å². The van der Waals surface area contributed by atoms with Crippen molar-refractivity contribution in [2.45, 2.75) is 13.2 Å². The van der Waals surface area contributed by atoms with Crippen molar-refractivity contribution in [2.24, 2.45) is 5.73 Å². The van der Waals surface area contributed by atoms with E-state index >= 15 is 0 Å². The zero-order valence-corrected chi connectivity index (χ0v) is 11.7. The summed E-state index contributed by atoms with van der Waals surface area (Å²) >= 11 is 10.8. The van der Waals surface area contributed by atoms with Crippen LogP contribution < -0.4 is 5.73 Å². The van der Waals surface area contributed by atoms with Gasteiger partial charge in [0.25, 0.3) is 0 Å². The van der Waals surface area contributed by atoms with Crippen LogP contribution in [0.25, 0.3) is 0 Å². The lowest BCUT2D eigenvalue weighted by Crippen LogP contribution is -2.11. The van der Waals surface area contributed by atoms with E-state index in [0.29, 0.717) is 23.9 Å². The van der Waals surface area contributed by atoms with Crippen molar-refractivity contribution in [2.75, 3.05) is 0 Å². The van der Waals surface area contributed by atoms with Crippen molar-refractivity contribution < 1.29 is 4.74 Å². The van der Waals surface area contributed by atoms with Gasteiger partial charge in [-0.2, -0.15) is 0 Å². The second-order valence-electron chi connectivity index (χ2n) is 4.04. The van der Waals surface area contributed by atoms with Gasteiger partial charge in [-0.1, -0.05) is 36.0 Å². The highest BCUT2D eigenvalue weighted by molar-refractivity contribution is 7.80. The molecule has 1 heterocycles. The molecule has 0 spiro atoms. The number of nitrogens with zero attached hydrogens (tertiary/aromatic N) is 1. The second-order valence-corrected chi connectivity index (χ2v) is 4.91. The summed E-state index contributed by atoms with van der Waals surface area (Å²) in [6.45, 7) is 0.982. The minimum absolute atomic E-state index is 0.289. The lowest BCUT2D eigenvalue weighted by atomic mass is 10.2. The Kier molecular flexibility index (Phi) is 4.85. The van der Waals surface area contributed by atoms with Gasteiger partial charge < -0.3 is 10.5 Å². The van der Waals surface area contributed by atoms with Gasteiger partial charge in [0.15, 0.2) is 0 Å². The molecule has 0 unspecified atom stereocenters. The van der Waals surface area contributed by atoms with Gasteiger partial charge in [0.1, 0.15) is 4.99 Å². The molecule has 3 nitrogen and oxygen atoms in total. The molecule has 5 heteroatoms. The van der Waals surface area contributed by atoms with Crippen molar-refractivity contribution in [3.05, 3.63) is 64.4 Å². The Morgan fingerprint density at radius 3 is 2.63 bits per heavy atom. The maximum Gasteiger partial charge on any atom is 0.122 e. The van der Waals surface area contributed by atoms with Crippen LogP contribution in [-0.2, 0) is 18.0 Å². The Hall–Kier alpha value is -1.49. The van der Waals surface area contributed by atoms with Crippen LogP contribution in [0.3, 0.4) is 0 Å². The molecule has 0 radical (unpaired) electrons. The molecule has 0 aliphatic heterocycles. The molecule has 0 bridgehead atoms. The number of hydrogen-bond acceptors (Lipinski definition) is 3. The number of halogens is 1. The van der Waals surface area contributed by atoms with Crippen LogP contribution >= 0.6 is 23.8 Å². The molecule has 2 rings (SSSR count). The topological polar surface area (TPSA) is 48.1 Å². The molecular formula is C14H13ClN2OS. The number of thiocarbonyl (C=S) groups is 1. The van der Waals surface area contributed by atoms with Crippen molar-refractivity contribution in [1.29, 1.82) is 0 Å². The molecule has 2 N–H and O–H groups in total. The quantitative estimate of drug-likeness (QED) is 0.860. The van der Waals surface area contributed by atoms with E-state index in [0.717, 1.165) is 11.1 Å². The van der Waals surface area contributed by atoms with Gasteiger partial charge >= 0.3 is 0 Å². The molecule has 0 atom stereocenters. The summed E-state index contributed by atoms with van der Waals surface area (Å²) in [5.74, 6) is 0. The average molecular weight is 293 g/mol. The molecule has 1 aromatic heterocycles. The first kappa shape index (κ1) is 13.9. The van der Waals surface area contributed by atoms with Crippen LogP contribution in [0.5, 0.6) is 0 Å². The predicted octanol–water partition coefficient (Wildman–Crippen LogP) is 3.09. The summed E-state index contributed by atoms with van der Waals surface area (Å²) in [4.78, 5) is 4.37. The molecule has 1 aromatic carbocycles. The zero-order chi connectivity index (χ0) is 13.7. The monoisotopic (exact) mass is 292 g/mol. The van der Waals surface area contributed by atoms with Gasteiger partial charge in [-0.15, -0.1) is 0 Å². The van der Waals surface area contributed by atoms with E-state index in [9.17, 15) is 0 Å². The number of hydrogen-bond donors (Lipinski definition) is 1. The Morgan fingerprint density at radius 1 is 1.21 bits per heavy atom. The number of aromatic nitrogens is 1. The number of benzene rings is 1. The number of nitrogens with two attached hydrogens (primary N) is 1. The first-order valence-corrected chi connectivity index (χ1v) is 6.50. The van der Waals surface area contributed by atoms with Gasteiger partial charge in [-0.3, -0.25) is 4.98 Å². The maximum atomic E-state index is 5.90. The van der Waals surface area contributed by atoms with Gasteiger partial charge in [0, 0.05) is 11.2 Å². The molecule has 0 aliphatic carbocycles. The second kappa shape index (κ2) is 6.61. The summed E-state index contributed by atoms with van der Waals surface area (Å²) in [7, 11) is 0. The first-order chi connectivity index (χ1) is 9.15. The van der Waals surface area contributed by atoms with Gasteiger partial charge in [-0.05, 0) is 35.4 Å². The summed E-state index contributed by atoms with van der Waals surface area (Å²) in [5.41, 5.74) is 8.17. The molecule has 0 saturated carbocycles. The third kappa shape index (κ3) is 4.28. The minimum Gasteiger partial charge on any atom is -0.388 e. The number of rotatable bonds is 5. The molecule has 0 amide bonds. The summed E-state index contributed by atoms with van der Waals surface area (Å²) in [6, 6.07) is 11.3. The Balaban J connectivity index is 1.92. The third-order valence-corrected chi connectivity index (χ3v) is 2.95. The Labute approximate surface area is 122 Å². The standard InChI is InChI=1S/C14H13ClN2OS/c15-12-3-1-2-10(6-12)8-18-9-11-4-5-17-13(7-11)14(16)19/h1-7H,8-9H2,(H2,16,19). The Bertz CT molecular complexity index is 589. The molecular weight excluding hydrogens is 280 g/mol. The van der Waals surface area contributed by atoms with E-state index in [-0.39, 0.29) is 4.99 Å². The van der Waals surface area contributed by atoms with E-state index in [4.69, 9.17) is 34.3 Å². The maximum absolute atomic E-state index is 5.90. The fourth-order valence-electron chi connectivity index (χ4n) is 1.61. The average Bonchev–Trinajstić information content (AvgIpc) is 2.39. The normalized spacial score (nSPS) is 10.4. The summed E-state index contributed by atoms with van der Waals surface area (Å²) in [6.07, 6.45) is 1.67. The van der Waals surface area contributed by atoms with Crippen molar-refractivity contribution in [3.8, 4) is 0 Å². The fourth-order valence-corrected chi connectivity index (χ4v) is 1.94. The van der Waals surface area contributed by atoms with Crippen LogP contribution in [0.2, 0.25) is 5.02 Å². The third-order valence-electron chi connectivity index (χ3n) is 2.50. The zero-order valence-electron chi connectivity index (χ0n) is 10.2. The number of pyridine rings is 1. The SMILES string of the molecule is NC(=S)c1cc(COCc2cccc(Cl)c2)ccn1. The molecule has 98 valence electrons. The van der Waals surface area contributed by atoms with Crippen molar-refractivity contribution in [1.82, 2.24) is 4.98 Å². The van der Waals surface area contributed by atoms with Gasteiger partial charge in [0.05, 0.1) is 18.9 Å². The predicted molar refractivity (Wildman–Crippen MR) is 80.1 cm³/mol. The smallest absolute Gasteiger partial charge is 0.122 e. The minimum atomic E-state index is 0.289. The highest BCUT2D eigenvalue weighted by atomic mass is 35.5. The largest absolute Gasteiger partial charge is 0.388 e. The van der Waals surface area contributed by atoms with E-state index < -0.39 is 0 Å². The van der Waals surface area contributed by atoms with Crippen LogP contribution in [0.15, 0.2) is 42.6 Å². The Morgan fingerprint density at radius 2 is 1.95 bits per heavy atom. The summed E-state index contributed by atoms with van der Waals surface area (Å²) in [5, 5.41) is 0.709. The molecule has 0 fully saturated rings. The van der Waals surface area contributed by atoms with Crippen LogP contribution in [-0.4, -0.2) is 9.97 Å². The van der Waals surface area contributed by atoms with Crippen LogP contribution in [0.1, 0.15) is 16.8 Å². The molecule has 19 heavy (non-hydrogen) atoms. The highest BCUT2D eigenvalue weighted by Crippen LogP contribution is 2.12. The van der Waals surface area contributed by atoms with Gasteiger partial charge in [0.2, 0.25) is 0 Å². The first-order valence-electron chi connectivity index (χ1n) is 5.72.